The van der Waals surface area contributed by atoms with Crippen molar-refractivity contribution >= 4 is 28.0 Å². The molecule has 11 nitrogen and oxygen atoms in total. The zero-order valence-electron chi connectivity index (χ0n) is 14.1. The topological polar surface area (TPSA) is 166 Å². The Morgan fingerprint density at radius 3 is 2.50 bits per heavy atom. The van der Waals surface area contributed by atoms with Gasteiger partial charge < -0.3 is 15.6 Å². The van der Waals surface area contributed by atoms with E-state index in [0.29, 0.717) is 0 Å². The molecule has 3 N–H and O–H groups in total. The highest BCUT2D eigenvalue weighted by Crippen LogP contribution is 2.36. The number of carbonyl (C=O) groups is 2. The van der Waals surface area contributed by atoms with Crippen molar-refractivity contribution in [1.82, 2.24) is 15.0 Å². The van der Waals surface area contributed by atoms with E-state index in [0.717, 1.165) is 0 Å². The number of hydrogen-bond acceptors (Lipinski definition) is 8. The van der Waals surface area contributed by atoms with Crippen LogP contribution in [0.2, 0.25) is 0 Å². The number of carboxylic acids is 1. The molecule has 0 radical (unpaired) electrons. The molecule has 0 saturated heterocycles. The van der Waals surface area contributed by atoms with E-state index in [4.69, 9.17) is 10.5 Å². The van der Waals surface area contributed by atoms with Crippen molar-refractivity contribution in [2.24, 2.45) is 11.7 Å². The van der Waals surface area contributed by atoms with E-state index in [2.05, 4.69) is 15.0 Å². The van der Waals surface area contributed by atoms with Gasteiger partial charge in [-0.3, -0.25) is 4.79 Å². The Bertz CT molecular complexity index is 912. The fourth-order valence-electron chi connectivity index (χ4n) is 2.44. The van der Waals surface area contributed by atoms with Crippen molar-refractivity contribution in [3.63, 3.8) is 0 Å². The van der Waals surface area contributed by atoms with Crippen LogP contribution < -0.4 is 14.8 Å². The SMILES string of the molecule is COc1nc(C)nc(N(C(N)=O)S(=O)(=O)C2(C)C=CC=CC2C(=O)O)n1. The van der Waals surface area contributed by atoms with Crippen LogP contribution in [0.4, 0.5) is 10.7 Å². The highest BCUT2D eigenvalue weighted by Gasteiger charge is 2.52. The minimum absolute atomic E-state index is 0.0762. The summed E-state index contributed by atoms with van der Waals surface area (Å²) in [6.45, 7) is 2.60. The van der Waals surface area contributed by atoms with Crippen LogP contribution in [0.3, 0.4) is 0 Å². The molecule has 1 aliphatic carbocycles. The average molecular weight is 383 g/mol. The van der Waals surface area contributed by atoms with Gasteiger partial charge >= 0.3 is 18.0 Å². The van der Waals surface area contributed by atoms with Crippen LogP contribution in [0.15, 0.2) is 24.3 Å². The first-order valence-electron chi connectivity index (χ1n) is 7.24. The molecule has 2 unspecified atom stereocenters. The van der Waals surface area contributed by atoms with Crippen LogP contribution in [-0.4, -0.2) is 52.3 Å². The van der Waals surface area contributed by atoms with E-state index in [1.807, 2.05) is 0 Å². The van der Waals surface area contributed by atoms with Gasteiger partial charge in [-0.2, -0.15) is 19.3 Å². The Balaban J connectivity index is 2.68. The summed E-state index contributed by atoms with van der Waals surface area (Å²) in [4.78, 5) is 34.9. The molecule has 0 aliphatic heterocycles. The number of anilines is 1. The van der Waals surface area contributed by atoms with E-state index >= 15 is 0 Å². The summed E-state index contributed by atoms with van der Waals surface area (Å²) >= 11 is 0. The second-order valence-corrected chi connectivity index (χ2v) is 7.72. The van der Waals surface area contributed by atoms with Gasteiger partial charge in [-0.05, 0) is 13.8 Å². The minimum atomic E-state index is -4.68. The first kappa shape index (κ1) is 19.3. The standard InChI is InChI=1S/C14H17N5O6S/c1-8-16-12(18-13(17-8)25-3)19(11(15)22)26(23,24)14(2)7-5-4-6-9(14)10(20)21/h4-7,9H,1-3H3,(H2,15,22)(H,20,21). The van der Waals surface area contributed by atoms with Crippen molar-refractivity contribution in [3.8, 4) is 6.01 Å². The lowest BCUT2D eigenvalue weighted by Crippen LogP contribution is -2.55. The van der Waals surface area contributed by atoms with Crippen molar-refractivity contribution in [3.05, 3.63) is 30.1 Å². The maximum absolute atomic E-state index is 13.2. The quantitative estimate of drug-likeness (QED) is 0.711. The van der Waals surface area contributed by atoms with E-state index in [1.165, 1.54) is 45.3 Å². The fraction of sp³-hybridized carbons (Fsp3) is 0.357. The van der Waals surface area contributed by atoms with Gasteiger partial charge in [0, 0.05) is 0 Å². The number of sulfonamides is 1. The molecule has 2 amide bonds. The zero-order chi connectivity index (χ0) is 19.7. The largest absolute Gasteiger partial charge is 0.481 e. The van der Waals surface area contributed by atoms with Gasteiger partial charge in [0.15, 0.2) is 0 Å². The molecule has 0 spiro atoms. The van der Waals surface area contributed by atoms with Crippen LogP contribution in [0, 0.1) is 12.8 Å². The Hall–Kier alpha value is -3.02. The zero-order valence-corrected chi connectivity index (χ0v) is 15.0. The normalized spacial score (nSPS) is 22.0. The molecule has 12 heteroatoms. The van der Waals surface area contributed by atoms with Crippen molar-refractivity contribution in [2.75, 3.05) is 11.4 Å². The van der Waals surface area contributed by atoms with Crippen LogP contribution in [-0.2, 0) is 14.8 Å². The number of hydrogen-bond donors (Lipinski definition) is 2. The third-order valence-electron chi connectivity index (χ3n) is 3.80. The van der Waals surface area contributed by atoms with Gasteiger partial charge in [0.2, 0.25) is 0 Å². The number of ether oxygens (including phenoxy) is 1. The second-order valence-electron chi connectivity index (χ2n) is 5.52. The number of methoxy groups -OCH3 is 1. The maximum atomic E-state index is 13.2. The molecule has 0 bridgehead atoms. The van der Waals surface area contributed by atoms with Gasteiger partial charge in [-0.25, -0.2) is 13.2 Å². The van der Waals surface area contributed by atoms with Crippen LogP contribution in [0.25, 0.3) is 0 Å². The van der Waals surface area contributed by atoms with Crippen LogP contribution in [0.1, 0.15) is 12.7 Å². The Kier molecular flexibility index (Phi) is 4.98. The number of aromatic nitrogens is 3. The molecule has 0 aromatic carbocycles. The van der Waals surface area contributed by atoms with Crippen molar-refractivity contribution in [2.45, 2.75) is 18.6 Å². The molecule has 1 aromatic heterocycles. The summed E-state index contributed by atoms with van der Waals surface area (Å²) in [5.74, 6) is -3.35. The highest BCUT2D eigenvalue weighted by molar-refractivity contribution is 7.95. The van der Waals surface area contributed by atoms with Gasteiger partial charge in [0.1, 0.15) is 10.6 Å². The maximum Gasteiger partial charge on any atom is 0.335 e. The molecule has 26 heavy (non-hydrogen) atoms. The summed E-state index contributed by atoms with van der Waals surface area (Å²) in [6.07, 6.45) is 5.15. The molecule has 2 atom stereocenters. The summed E-state index contributed by atoms with van der Waals surface area (Å²) in [5.41, 5.74) is 5.26. The lowest BCUT2D eigenvalue weighted by Gasteiger charge is -2.35. The van der Waals surface area contributed by atoms with E-state index < -0.39 is 38.6 Å². The lowest BCUT2D eigenvalue weighted by molar-refractivity contribution is -0.140. The predicted molar refractivity (Wildman–Crippen MR) is 89.9 cm³/mol. The van der Waals surface area contributed by atoms with E-state index in [9.17, 15) is 23.1 Å². The number of aryl methyl sites for hydroxylation is 1. The first-order chi connectivity index (χ1) is 12.0. The van der Waals surface area contributed by atoms with Crippen LogP contribution >= 0.6 is 0 Å². The third-order valence-corrected chi connectivity index (χ3v) is 6.13. The van der Waals surface area contributed by atoms with Gasteiger partial charge in [0.25, 0.3) is 16.0 Å². The van der Waals surface area contributed by atoms with Gasteiger partial charge in [-0.15, -0.1) is 0 Å². The number of amides is 2. The molecule has 0 fully saturated rings. The molecule has 1 aromatic rings. The smallest absolute Gasteiger partial charge is 0.335 e. The number of carbonyl (C=O) groups excluding carboxylic acids is 1. The second kappa shape index (κ2) is 6.71. The molecule has 1 aliphatic rings. The Morgan fingerprint density at radius 1 is 1.31 bits per heavy atom. The predicted octanol–water partition coefficient (Wildman–Crippen LogP) is -0.0110. The van der Waals surface area contributed by atoms with Crippen LogP contribution in [0.5, 0.6) is 6.01 Å². The number of rotatable bonds is 5. The summed E-state index contributed by atoms with van der Waals surface area (Å²) in [7, 11) is -3.43. The number of carboxylic acid groups (broad SMARTS) is 1. The molecule has 2 rings (SSSR count). The number of aliphatic carboxylic acids is 1. The van der Waals surface area contributed by atoms with Gasteiger partial charge in [-0.1, -0.05) is 24.3 Å². The number of nitrogens with two attached hydrogens (primary N) is 1. The molecule has 0 saturated carbocycles. The van der Waals surface area contributed by atoms with Crippen molar-refractivity contribution in [1.29, 1.82) is 0 Å². The lowest BCUT2D eigenvalue weighted by atomic mass is 9.89. The Labute approximate surface area is 149 Å². The number of primary amides is 1. The van der Waals surface area contributed by atoms with Crippen molar-refractivity contribution < 1.29 is 27.9 Å². The monoisotopic (exact) mass is 383 g/mol. The van der Waals surface area contributed by atoms with E-state index in [1.54, 1.807) is 0 Å². The summed E-state index contributed by atoms with van der Waals surface area (Å²) in [6, 6.07) is -1.63. The number of nitrogens with zero attached hydrogens (tertiary/aromatic N) is 4. The fourth-order valence-corrected chi connectivity index (χ4v) is 4.12. The molecule has 1 heterocycles. The summed E-state index contributed by atoms with van der Waals surface area (Å²) < 4.78 is 29.4. The molecular weight excluding hydrogens is 366 g/mol. The Morgan fingerprint density at radius 2 is 1.96 bits per heavy atom. The molecular formula is C14H17N5O6S. The molecule has 140 valence electrons. The average Bonchev–Trinajstić information content (AvgIpc) is 2.53. The first-order valence-corrected chi connectivity index (χ1v) is 8.68. The minimum Gasteiger partial charge on any atom is -0.481 e. The summed E-state index contributed by atoms with van der Waals surface area (Å²) in [5, 5.41) is 9.41. The van der Waals surface area contributed by atoms with E-state index in [-0.39, 0.29) is 16.1 Å². The highest BCUT2D eigenvalue weighted by atomic mass is 32.2. The third kappa shape index (κ3) is 3.10. The van der Waals surface area contributed by atoms with Gasteiger partial charge in [0.05, 0.1) is 13.0 Å². The number of allylic oxidation sites excluding steroid dienone is 2. The number of urea groups is 1.